The number of amides is 2. The molecule has 2 heterocycles. The van der Waals surface area contributed by atoms with Crippen LogP contribution in [0, 0.1) is 18.3 Å². The molecular weight excluding hydrogens is 374 g/mol. The predicted octanol–water partition coefficient (Wildman–Crippen LogP) is 1.19. The molecule has 148 valence electrons. The van der Waals surface area contributed by atoms with Crippen LogP contribution in [-0.2, 0) is 16.1 Å². The van der Waals surface area contributed by atoms with Crippen LogP contribution < -0.4 is 11.5 Å². The third kappa shape index (κ3) is 3.73. The molecule has 0 unspecified atom stereocenters. The molecule has 0 spiro atoms. The highest BCUT2D eigenvalue weighted by molar-refractivity contribution is 6.01. The van der Waals surface area contributed by atoms with Gasteiger partial charge in [0.2, 0.25) is 5.91 Å². The van der Waals surface area contributed by atoms with Gasteiger partial charge in [0.25, 0.3) is 5.91 Å². The Morgan fingerprint density at radius 3 is 2.72 bits per heavy atom. The Morgan fingerprint density at radius 2 is 2.10 bits per heavy atom. The molecule has 2 amide bonds. The standard InChI is InChI=1S/C20H19N5O4/c1-10-6-12(8-21)17(24-18(10)22)11-2-3-14-13(7-11)9-25(20(14)29)15(19(23)28)4-5-16(26)27/h2-3,6-7,15H,4-5,9H2,1H3,(H2,22,24)(H2,23,28)(H,26,27)/t15-/m0/s1. The molecule has 3 rings (SSSR count). The summed E-state index contributed by atoms with van der Waals surface area (Å²) in [5, 5.41) is 18.3. The zero-order valence-corrected chi connectivity index (χ0v) is 15.7. The third-order valence-electron chi connectivity index (χ3n) is 4.92. The van der Waals surface area contributed by atoms with E-state index in [-0.39, 0.29) is 19.4 Å². The smallest absolute Gasteiger partial charge is 0.303 e. The van der Waals surface area contributed by atoms with Gasteiger partial charge in [-0.1, -0.05) is 6.07 Å². The highest BCUT2D eigenvalue weighted by Crippen LogP contribution is 2.32. The number of fused-ring (bicyclic) bond motifs is 1. The topological polar surface area (TPSA) is 163 Å². The van der Waals surface area contributed by atoms with Gasteiger partial charge in [-0.05, 0) is 42.7 Å². The Labute approximate surface area is 166 Å². The number of nitrogens with two attached hydrogens (primary N) is 2. The van der Waals surface area contributed by atoms with Gasteiger partial charge in [-0.3, -0.25) is 14.4 Å². The summed E-state index contributed by atoms with van der Waals surface area (Å²) in [6.45, 7) is 1.87. The van der Waals surface area contributed by atoms with E-state index in [9.17, 15) is 19.6 Å². The number of pyridine rings is 1. The van der Waals surface area contributed by atoms with E-state index in [1.165, 1.54) is 4.90 Å². The van der Waals surface area contributed by atoms with Crippen molar-refractivity contribution in [3.8, 4) is 17.3 Å². The van der Waals surface area contributed by atoms with Crippen molar-refractivity contribution in [2.75, 3.05) is 5.73 Å². The molecular formula is C20H19N5O4. The van der Waals surface area contributed by atoms with Gasteiger partial charge in [0, 0.05) is 24.1 Å². The van der Waals surface area contributed by atoms with Crippen LogP contribution in [0.25, 0.3) is 11.3 Å². The zero-order chi connectivity index (χ0) is 21.3. The second kappa shape index (κ2) is 7.59. The minimum absolute atomic E-state index is 0.0636. The van der Waals surface area contributed by atoms with Gasteiger partial charge in [0.05, 0.1) is 11.3 Å². The number of nitriles is 1. The number of aryl methyl sites for hydroxylation is 1. The first kappa shape index (κ1) is 19.8. The quantitative estimate of drug-likeness (QED) is 0.663. The maximum absolute atomic E-state index is 12.7. The van der Waals surface area contributed by atoms with E-state index in [0.717, 1.165) is 0 Å². The number of carbonyl (C=O) groups excluding carboxylic acids is 2. The van der Waals surface area contributed by atoms with Gasteiger partial charge in [-0.25, -0.2) is 4.98 Å². The summed E-state index contributed by atoms with van der Waals surface area (Å²) in [4.78, 5) is 41.0. The SMILES string of the molecule is Cc1cc(C#N)c(-c2ccc3c(c2)CN([C@@H](CCC(=O)O)C(N)=O)C3=O)nc1N. The maximum Gasteiger partial charge on any atom is 0.303 e. The van der Waals surface area contributed by atoms with Crippen LogP contribution >= 0.6 is 0 Å². The van der Waals surface area contributed by atoms with Crippen LogP contribution in [0.15, 0.2) is 24.3 Å². The molecule has 0 bridgehead atoms. The summed E-state index contributed by atoms with van der Waals surface area (Å²) >= 11 is 0. The molecule has 0 radical (unpaired) electrons. The number of rotatable bonds is 6. The summed E-state index contributed by atoms with van der Waals surface area (Å²) in [5.74, 6) is -1.92. The first-order chi connectivity index (χ1) is 13.7. The monoisotopic (exact) mass is 393 g/mol. The first-order valence-corrected chi connectivity index (χ1v) is 8.85. The normalized spacial score (nSPS) is 13.7. The summed E-state index contributed by atoms with van der Waals surface area (Å²) in [6, 6.07) is 7.71. The molecule has 1 atom stereocenters. The van der Waals surface area contributed by atoms with E-state index in [4.69, 9.17) is 16.6 Å². The Hall–Kier alpha value is -3.93. The average Bonchev–Trinajstić information content (AvgIpc) is 2.99. The number of nitrogen functional groups attached to an aromatic ring is 1. The van der Waals surface area contributed by atoms with Crippen LogP contribution in [0.1, 0.15) is 39.9 Å². The summed E-state index contributed by atoms with van der Waals surface area (Å²) in [6.07, 6.45) is -0.344. The van der Waals surface area contributed by atoms with Crippen LogP contribution in [0.3, 0.4) is 0 Å². The van der Waals surface area contributed by atoms with Crippen molar-refractivity contribution in [1.29, 1.82) is 5.26 Å². The van der Waals surface area contributed by atoms with Gasteiger partial charge in [-0.2, -0.15) is 5.26 Å². The molecule has 29 heavy (non-hydrogen) atoms. The fourth-order valence-corrected chi connectivity index (χ4v) is 3.39. The highest BCUT2D eigenvalue weighted by atomic mass is 16.4. The van der Waals surface area contributed by atoms with Crippen LogP contribution in [0.2, 0.25) is 0 Å². The molecule has 9 nitrogen and oxygen atoms in total. The number of benzene rings is 1. The zero-order valence-electron chi connectivity index (χ0n) is 15.7. The van der Waals surface area contributed by atoms with E-state index < -0.39 is 23.8 Å². The van der Waals surface area contributed by atoms with E-state index in [1.54, 1.807) is 31.2 Å². The largest absolute Gasteiger partial charge is 0.481 e. The number of primary amides is 1. The van der Waals surface area contributed by atoms with Gasteiger partial charge < -0.3 is 21.5 Å². The van der Waals surface area contributed by atoms with Crippen molar-refractivity contribution < 1.29 is 19.5 Å². The number of anilines is 1. The predicted molar refractivity (Wildman–Crippen MR) is 103 cm³/mol. The lowest BCUT2D eigenvalue weighted by Gasteiger charge is -2.24. The molecule has 0 fully saturated rings. The molecule has 0 saturated carbocycles. The number of hydrogen-bond acceptors (Lipinski definition) is 6. The second-order valence-corrected chi connectivity index (χ2v) is 6.85. The lowest BCUT2D eigenvalue weighted by molar-refractivity contribution is -0.137. The van der Waals surface area contributed by atoms with Gasteiger partial charge in [0.15, 0.2) is 0 Å². The highest BCUT2D eigenvalue weighted by Gasteiger charge is 2.35. The molecule has 1 aromatic carbocycles. The molecule has 5 N–H and O–H groups in total. The fourth-order valence-electron chi connectivity index (χ4n) is 3.39. The van der Waals surface area contributed by atoms with Crippen LogP contribution in [-0.4, -0.2) is 38.8 Å². The molecule has 0 aliphatic carbocycles. The van der Waals surface area contributed by atoms with E-state index in [0.29, 0.717) is 39.3 Å². The molecule has 2 aromatic rings. The lowest BCUT2D eigenvalue weighted by Crippen LogP contribution is -2.45. The average molecular weight is 393 g/mol. The van der Waals surface area contributed by atoms with Crippen molar-refractivity contribution in [3.05, 3.63) is 46.5 Å². The summed E-state index contributed by atoms with van der Waals surface area (Å²) in [5.41, 5.74) is 14.4. The minimum atomic E-state index is -1.07. The van der Waals surface area contributed by atoms with Crippen molar-refractivity contribution in [3.63, 3.8) is 0 Å². The number of hydrogen-bond donors (Lipinski definition) is 3. The number of aromatic nitrogens is 1. The van der Waals surface area contributed by atoms with E-state index in [2.05, 4.69) is 11.1 Å². The van der Waals surface area contributed by atoms with Crippen molar-refractivity contribution in [1.82, 2.24) is 9.88 Å². The molecule has 0 saturated heterocycles. The lowest BCUT2D eigenvalue weighted by atomic mass is 10.0. The molecule has 1 aromatic heterocycles. The Bertz CT molecular complexity index is 1070. The number of carboxylic acids is 1. The van der Waals surface area contributed by atoms with Crippen molar-refractivity contribution >= 4 is 23.6 Å². The number of carbonyl (C=O) groups is 3. The summed E-state index contributed by atoms with van der Waals surface area (Å²) in [7, 11) is 0. The number of aliphatic carboxylic acids is 1. The maximum atomic E-state index is 12.7. The third-order valence-corrected chi connectivity index (χ3v) is 4.92. The van der Waals surface area contributed by atoms with Gasteiger partial charge >= 0.3 is 5.97 Å². The van der Waals surface area contributed by atoms with Crippen LogP contribution in [0.4, 0.5) is 5.82 Å². The Morgan fingerprint density at radius 1 is 1.38 bits per heavy atom. The Balaban J connectivity index is 1.96. The fraction of sp³-hybridized carbons (Fsp3) is 0.250. The second-order valence-electron chi connectivity index (χ2n) is 6.85. The van der Waals surface area contributed by atoms with Crippen molar-refractivity contribution in [2.24, 2.45) is 5.73 Å². The van der Waals surface area contributed by atoms with Crippen molar-refractivity contribution in [2.45, 2.75) is 32.4 Å². The summed E-state index contributed by atoms with van der Waals surface area (Å²) < 4.78 is 0. The van der Waals surface area contributed by atoms with E-state index >= 15 is 0 Å². The van der Waals surface area contributed by atoms with E-state index in [1.807, 2.05) is 0 Å². The Kier molecular flexibility index (Phi) is 5.19. The molecule has 9 heteroatoms. The van der Waals surface area contributed by atoms with Crippen LogP contribution in [0.5, 0.6) is 0 Å². The number of nitrogens with zero attached hydrogens (tertiary/aromatic N) is 3. The molecule has 1 aliphatic heterocycles. The minimum Gasteiger partial charge on any atom is -0.481 e. The molecule has 1 aliphatic rings. The first-order valence-electron chi connectivity index (χ1n) is 8.85. The van der Waals surface area contributed by atoms with Gasteiger partial charge in [0.1, 0.15) is 17.9 Å². The van der Waals surface area contributed by atoms with Gasteiger partial charge in [-0.15, -0.1) is 0 Å². The number of carboxylic acid groups (broad SMARTS) is 1.